The maximum absolute atomic E-state index is 12.0. The smallest absolute Gasteiger partial charge is 0.339 e. The number of phenols is 1. The lowest BCUT2D eigenvalue weighted by Gasteiger charge is -2.10. The van der Waals surface area contributed by atoms with Crippen molar-refractivity contribution in [2.45, 2.75) is 0 Å². The molecule has 0 saturated carbocycles. The van der Waals surface area contributed by atoms with Crippen molar-refractivity contribution in [2.75, 3.05) is 5.32 Å². The molecule has 0 saturated heterocycles. The minimum atomic E-state index is -1.28. The predicted octanol–water partition coefficient (Wildman–Crippen LogP) is 2.87. The fraction of sp³-hybridized carbons (Fsp3) is 0. The molecule has 0 fully saturated rings. The second-order valence-corrected chi connectivity index (χ2v) is 5.30. The summed E-state index contributed by atoms with van der Waals surface area (Å²) in [5, 5.41) is 23.9. The summed E-state index contributed by atoms with van der Waals surface area (Å²) in [4.78, 5) is 22.9. The Morgan fingerprint density at radius 2 is 1.87 bits per heavy atom. The molecule has 2 aromatic carbocycles. The maximum Gasteiger partial charge on any atom is 0.339 e. The van der Waals surface area contributed by atoms with Crippen molar-refractivity contribution in [3.05, 3.63) is 58.6 Å². The van der Waals surface area contributed by atoms with Crippen LogP contribution in [-0.2, 0) is 0 Å². The zero-order chi connectivity index (χ0) is 17.0. The number of nitrogens with one attached hydrogen (secondary N) is 2. The van der Waals surface area contributed by atoms with Gasteiger partial charge in [0.25, 0.3) is 5.91 Å². The molecule has 0 bridgehead atoms. The Bertz CT molecular complexity index is 795. The highest BCUT2D eigenvalue weighted by atomic mass is 35.5. The van der Waals surface area contributed by atoms with Crippen molar-refractivity contribution < 1.29 is 19.8 Å². The number of carbonyl (C=O) groups excluding carboxylic acids is 1. The van der Waals surface area contributed by atoms with E-state index in [9.17, 15) is 14.7 Å². The van der Waals surface area contributed by atoms with Crippen molar-refractivity contribution >= 4 is 46.5 Å². The van der Waals surface area contributed by atoms with E-state index in [1.54, 1.807) is 18.2 Å². The summed E-state index contributed by atoms with van der Waals surface area (Å²) in [6.07, 6.45) is 0. The number of aromatic hydroxyl groups is 1. The Morgan fingerprint density at radius 1 is 1.13 bits per heavy atom. The first-order chi connectivity index (χ1) is 10.9. The first-order valence-corrected chi connectivity index (χ1v) is 7.09. The number of anilines is 1. The van der Waals surface area contributed by atoms with Crippen molar-refractivity contribution in [1.82, 2.24) is 5.32 Å². The topological polar surface area (TPSA) is 98.7 Å². The highest BCUT2D eigenvalue weighted by Gasteiger charge is 2.12. The molecule has 0 aromatic heterocycles. The van der Waals surface area contributed by atoms with Gasteiger partial charge in [0.15, 0.2) is 5.11 Å². The largest absolute Gasteiger partial charge is 0.507 e. The molecule has 0 spiro atoms. The molecule has 0 aliphatic heterocycles. The third kappa shape index (κ3) is 4.41. The van der Waals surface area contributed by atoms with E-state index in [2.05, 4.69) is 10.6 Å². The van der Waals surface area contributed by atoms with Crippen LogP contribution in [0.25, 0.3) is 0 Å². The number of carboxylic acid groups (broad SMARTS) is 1. The van der Waals surface area contributed by atoms with Gasteiger partial charge in [0.05, 0.1) is 0 Å². The number of amides is 1. The Morgan fingerprint density at radius 3 is 2.52 bits per heavy atom. The standard InChI is InChI=1S/C15H11ClN2O4S/c16-9-3-1-2-8(6-9)13(20)18-15(23)17-10-4-5-12(19)11(7-10)14(21)22/h1-7,19H,(H,21,22)(H2,17,18,20,23). The molecule has 0 radical (unpaired) electrons. The molecule has 2 aromatic rings. The molecule has 8 heteroatoms. The molecule has 0 aliphatic rings. The number of aromatic carboxylic acids is 1. The number of hydrogen-bond acceptors (Lipinski definition) is 4. The first-order valence-electron chi connectivity index (χ1n) is 6.31. The van der Waals surface area contributed by atoms with Gasteiger partial charge in [-0.2, -0.15) is 0 Å². The van der Waals surface area contributed by atoms with Gasteiger partial charge in [0.2, 0.25) is 0 Å². The van der Waals surface area contributed by atoms with E-state index in [-0.39, 0.29) is 16.4 Å². The van der Waals surface area contributed by atoms with Gasteiger partial charge in [0, 0.05) is 16.3 Å². The van der Waals surface area contributed by atoms with Crippen LogP contribution in [0.5, 0.6) is 5.75 Å². The van der Waals surface area contributed by atoms with Crippen LogP contribution >= 0.6 is 23.8 Å². The van der Waals surface area contributed by atoms with E-state index in [1.807, 2.05) is 0 Å². The Labute approximate surface area is 141 Å². The van der Waals surface area contributed by atoms with Crippen LogP contribution in [-0.4, -0.2) is 27.2 Å². The van der Waals surface area contributed by atoms with Crippen molar-refractivity contribution in [3.63, 3.8) is 0 Å². The van der Waals surface area contributed by atoms with Gasteiger partial charge in [-0.05, 0) is 48.6 Å². The molecule has 4 N–H and O–H groups in total. The summed E-state index contributed by atoms with van der Waals surface area (Å²) in [7, 11) is 0. The van der Waals surface area contributed by atoms with E-state index >= 15 is 0 Å². The minimum Gasteiger partial charge on any atom is -0.507 e. The van der Waals surface area contributed by atoms with Gasteiger partial charge in [-0.25, -0.2) is 4.79 Å². The number of hydrogen-bond donors (Lipinski definition) is 4. The van der Waals surface area contributed by atoms with Crippen LogP contribution in [0.4, 0.5) is 5.69 Å². The summed E-state index contributed by atoms with van der Waals surface area (Å²) < 4.78 is 0. The van der Waals surface area contributed by atoms with Gasteiger partial charge >= 0.3 is 5.97 Å². The second-order valence-electron chi connectivity index (χ2n) is 4.46. The highest BCUT2D eigenvalue weighted by Crippen LogP contribution is 2.21. The average molecular weight is 351 g/mol. The number of halogens is 1. The molecule has 0 aliphatic carbocycles. The lowest BCUT2D eigenvalue weighted by Crippen LogP contribution is -2.34. The van der Waals surface area contributed by atoms with E-state index in [4.69, 9.17) is 28.9 Å². The molecule has 6 nitrogen and oxygen atoms in total. The molecule has 0 atom stereocenters. The third-order valence-corrected chi connectivity index (χ3v) is 3.24. The van der Waals surface area contributed by atoms with Gasteiger partial charge in [0.1, 0.15) is 11.3 Å². The first kappa shape index (κ1) is 16.7. The molecule has 0 unspecified atom stereocenters. The lowest BCUT2D eigenvalue weighted by molar-refractivity contribution is 0.0693. The summed E-state index contributed by atoms with van der Waals surface area (Å²) >= 11 is 10.8. The molecular weight excluding hydrogens is 340 g/mol. The van der Waals surface area contributed by atoms with Crippen LogP contribution in [0.3, 0.4) is 0 Å². The molecular formula is C15H11ClN2O4S. The monoisotopic (exact) mass is 350 g/mol. The Kier molecular flexibility index (Phi) is 5.15. The van der Waals surface area contributed by atoms with E-state index in [0.717, 1.165) is 0 Å². The Balaban J connectivity index is 2.06. The van der Waals surface area contributed by atoms with Gasteiger partial charge in [-0.3, -0.25) is 10.1 Å². The summed E-state index contributed by atoms with van der Waals surface area (Å²) in [6.45, 7) is 0. The minimum absolute atomic E-state index is 0.0167. The van der Waals surface area contributed by atoms with Crippen LogP contribution in [0.1, 0.15) is 20.7 Å². The zero-order valence-electron chi connectivity index (χ0n) is 11.5. The number of carboxylic acids is 1. The quantitative estimate of drug-likeness (QED) is 0.502. The Hall–Kier alpha value is -2.64. The normalized spacial score (nSPS) is 9.96. The second kappa shape index (κ2) is 7.08. The highest BCUT2D eigenvalue weighted by molar-refractivity contribution is 7.80. The van der Waals surface area contributed by atoms with Crippen molar-refractivity contribution in [1.29, 1.82) is 0 Å². The summed E-state index contributed by atoms with van der Waals surface area (Å²) in [5.74, 6) is -2.10. The average Bonchev–Trinajstić information content (AvgIpc) is 2.48. The van der Waals surface area contributed by atoms with Crippen LogP contribution < -0.4 is 10.6 Å². The summed E-state index contributed by atoms with van der Waals surface area (Å²) in [6, 6.07) is 10.2. The third-order valence-electron chi connectivity index (χ3n) is 2.80. The van der Waals surface area contributed by atoms with Gasteiger partial charge in [-0.15, -0.1) is 0 Å². The van der Waals surface area contributed by atoms with E-state index < -0.39 is 11.9 Å². The lowest BCUT2D eigenvalue weighted by atomic mass is 10.2. The molecule has 2 rings (SSSR count). The molecule has 23 heavy (non-hydrogen) atoms. The van der Waals surface area contributed by atoms with Crippen molar-refractivity contribution in [2.24, 2.45) is 0 Å². The number of carbonyl (C=O) groups is 2. The van der Waals surface area contributed by atoms with Crippen LogP contribution in [0.2, 0.25) is 5.02 Å². The number of benzene rings is 2. The molecule has 0 heterocycles. The van der Waals surface area contributed by atoms with E-state index in [0.29, 0.717) is 16.3 Å². The molecule has 118 valence electrons. The van der Waals surface area contributed by atoms with Crippen LogP contribution in [0.15, 0.2) is 42.5 Å². The summed E-state index contributed by atoms with van der Waals surface area (Å²) in [5.41, 5.74) is 0.370. The fourth-order valence-electron chi connectivity index (χ4n) is 1.75. The van der Waals surface area contributed by atoms with Crippen LogP contribution in [0, 0.1) is 0 Å². The molecule has 1 amide bonds. The fourth-order valence-corrected chi connectivity index (χ4v) is 2.15. The van der Waals surface area contributed by atoms with Gasteiger partial charge in [-0.1, -0.05) is 17.7 Å². The number of thiocarbonyl (C=S) groups is 1. The predicted molar refractivity (Wildman–Crippen MR) is 90.2 cm³/mol. The SMILES string of the molecule is O=C(NC(=S)Nc1ccc(O)c(C(=O)O)c1)c1cccc(Cl)c1. The maximum atomic E-state index is 12.0. The van der Waals surface area contributed by atoms with Gasteiger partial charge < -0.3 is 15.5 Å². The number of rotatable bonds is 3. The van der Waals surface area contributed by atoms with E-state index in [1.165, 1.54) is 24.3 Å². The van der Waals surface area contributed by atoms with Crippen molar-refractivity contribution in [3.8, 4) is 5.75 Å². The zero-order valence-corrected chi connectivity index (χ0v) is 13.1.